The van der Waals surface area contributed by atoms with Crippen molar-refractivity contribution in [3.05, 3.63) is 29.6 Å². The van der Waals surface area contributed by atoms with Gasteiger partial charge in [0.2, 0.25) is 10.0 Å². The van der Waals surface area contributed by atoms with Gasteiger partial charge >= 0.3 is 0 Å². The highest BCUT2D eigenvalue weighted by atomic mass is 35.5. The van der Waals surface area contributed by atoms with E-state index in [9.17, 15) is 12.8 Å². The van der Waals surface area contributed by atoms with Gasteiger partial charge in [0.15, 0.2) is 0 Å². The first-order valence-corrected chi connectivity index (χ1v) is 8.31. The van der Waals surface area contributed by atoms with E-state index in [1.165, 1.54) is 16.4 Å². The van der Waals surface area contributed by atoms with Crippen LogP contribution in [-0.4, -0.2) is 25.8 Å². The molecule has 0 amide bonds. The minimum atomic E-state index is -3.75. The summed E-state index contributed by atoms with van der Waals surface area (Å²) in [6, 6.07) is 4.00. The highest BCUT2D eigenvalue weighted by Gasteiger charge is 2.33. The third kappa shape index (κ3) is 2.93. The van der Waals surface area contributed by atoms with E-state index in [-0.39, 0.29) is 10.8 Å². The molecule has 1 heterocycles. The smallest absolute Gasteiger partial charge is 0.207 e. The maximum atomic E-state index is 13.8. The Morgan fingerprint density at radius 3 is 2.79 bits per heavy atom. The molecule has 0 aromatic heterocycles. The van der Waals surface area contributed by atoms with E-state index in [2.05, 4.69) is 0 Å². The summed E-state index contributed by atoms with van der Waals surface area (Å²) < 4.78 is 40.0. The summed E-state index contributed by atoms with van der Waals surface area (Å²) in [5.74, 6) is -0.178. The summed E-state index contributed by atoms with van der Waals surface area (Å²) in [5, 5.41) is 0. The van der Waals surface area contributed by atoms with Gasteiger partial charge in [-0.3, -0.25) is 0 Å². The van der Waals surface area contributed by atoms with Crippen LogP contribution < -0.4 is 0 Å². The summed E-state index contributed by atoms with van der Waals surface area (Å²) >= 11 is 5.68. The van der Waals surface area contributed by atoms with Crippen LogP contribution in [0.15, 0.2) is 23.1 Å². The molecule has 3 nitrogen and oxygen atoms in total. The zero-order valence-corrected chi connectivity index (χ0v) is 12.3. The monoisotopic (exact) mass is 305 g/mol. The molecule has 2 rings (SSSR count). The third-order valence-electron chi connectivity index (χ3n) is 3.59. The number of halogens is 2. The molecule has 1 atom stereocenters. The van der Waals surface area contributed by atoms with Crippen molar-refractivity contribution in [2.75, 3.05) is 13.1 Å². The van der Waals surface area contributed by atoms with E-state index in [0.29, 0.717) is 24.6 Å². The van der Waals surface area contributed by atoms with Crippen LogP contribution in [0.2, 0.25) is 0 Å². The number of alkyl halides is 1. The summed E-state index contributed by atoms with van der Waals surface area (Å²) in [7, 11) is -3.75. The molecule has 0 bridgehead atoms. The van der Waals surface area contributed by atoms with Crippen molar-refractivity contribution in [3.63, 3.8) is 0 Å². The third-order valence-corrected chi connectivity index (χ3v) is 5.78. The van der Waals surface area contributed by atoms with Crippen LogP contribution in [0.1, 0.15) is 25.3 Å². The van der Waals surface area contributed by atoms with E-state index in [0.717, 1.165) is 18.9 Å². The standard InChI is InChI=1S/C13H17ClFNO2S/c1-2-10-5-6-16(9-10)19(17,18)13-7-11(8-14)3-4-12(13)15/h3-4,7,10H,2,5-6,8-9H2,1H3. The highest BCUT2D eigenvalue weighted by Crippen LogP contribution is 2.28. The Morgan fingerprint density at radius 1 is 1.47 bits per heavy atom. The SMILES string of the molecule is CCC1CCN(S(=O)(=O)c2cc(CCl)ccc2F)C1. The quantitative estimate of drug-likeness (QED) is 0.802. The second-order valence-electron chi connectivity index (χ2n) is 4.82. The maximum absolute atomic E-state index is 13.8. The molecule has 1 aromatic rings. The van der Waals surface area contributed by atoms with Gasteiger partial charge in [-0.2, -0.15) is 4.31 Å². The molecule has 0 saturated carbocycles. The van der Waals surface area contributed by atoms with Crippen molar-refractivity contribution in [2.24, 2.45) is 5.92 Å². The minimum Gasteiger partial charge on any atom is -0.207 e. The van der Waals surface area contributed by atoms with Crippen molar-refractivity contribution >= 4 is 21.6 Å². The van der Waals surface area contributed by atoms with E-state index in [4.69, 9.17) is 11.6 Å². The number of hydrogen-bond acceptors (Lipinski definition) is 2. The van der Waals surface area contributed by atoms with Crippen LogP contribution in [0.25, 0.3) is 0 Å². The van der Waals surface area contributed by atoms with Gasteiger partial charge in [-0.1, -0.05) is 19.4 Å². The highest BCUT2D eigenvalue weighted by molar-refractivity contribution is 7.89. The van der Waals surface area contributed by atoms with Crippen molar-refractivity contribution < 1.29 is 12.8 Å². The molecule has 6 heteroatoms. The van der Waals surface area contributed by atoms with Gasteiger partial charge in [0.25, 0.3) is 0 Å². The molecule has 106 valence electrons. The Bertz CT molecular complexity index is 562. The van der Waals surface area contributed by atoms with Crippen LogP contribution in [0.3, 0.4) is 0 Å². The molecule has 1 aromatic carbocycles. The zero-order valence-electron chi connectivity index (χ0n) is 10.8. The molecule has 0 radical (unpaired) electrons. The van der Waals surface area contributed by atoms with Crippen LogP contribution in [0, 0.1) is 11.7 Å². The number of hydrogen-bond donors (Lipinski definition) is 0. The average molecular weight is 306 g/mol. The van der Waals surface area contributed by atoms with Crippen LogP contribution >= 0.6 is 11.6 Å². The molecule has 19 heavy (non-hydrogen) atoms. The molecule has 0 aliphatic carbocycles. The number of rotatable bonds is 4. The molecule has 0 spiro atoms. The lowest BCUT2D eigenvalue weighted by Gasteiger charge is -2.17. The summed E-state index contributed by atoms with van der Waals surface area (Å²) in [4.78, 5) is -0.262. The Morgan fingerprint density at radius 2 is 2.21 bits per heavy atom. The lowest BCUT2D eigenvalue weighted by molar-refractivity contribution is 0.448. The van der Waals surface area contributed by atoms with Gasteiger partial charge in [-0.15, -0.1) is 11.6 Å². The lowest BCUT2D eigenvalue weighted by atomic mass is 10.1. The summed E-state index contributed by atoms with van der Waals surface area (Å²) in [6.45, 7) is 2.98. The van der Waals surface area contributed by atoms with E-state index in [1.807, 2.05) is 6.92 Å². The Labute approximate surface area is 118 Å². The molecular weight excluding hydrogens is 289 g/mol. The average Bonchev–Trinajstić information content (AvgIpc) is 2.88. The number of nitrogens with zero attached hydrogens (tertiary/aromatic N) is 1. The molecule has 1 aliphatic heterocycles. The first-order valence-electron chi connectivity index (χ1n) is 6.33. The van der Waals surface area contributed by atoms with Gasteiger partial charge < -0.3 is 0 Å². The largest absolute Gasteiger partial charge is 0.246 e. The zero-order chi connectivity index (χ0) is 14.0. The van der Waals surface area contributed by atoms with Crippen molar-refractivity contribution in [2.45, 2.75) is 30.5 Å². The fourth-order valence-electron chi connectivity index (χ4n) is 2.32. The van der Waals surface area contributed by atoms with Crippen molar-refractivity contribution in [1.82, 2.24) is 4.31 Å². The minimum absolute atomic E-state index is 0.167. The first kappa shape index (κ1) is 14.8. The molecule has 1 fully saturated rings. The molecule has 1 aliphatic rings. The lowest BCUT2D eigenvalue weighted by Crippen LogP contribution is -2.29. The first-order chi connectivity index (χ1) is 8.98. The Balaban J connectivity index is 2.34. The molecule has 1 unspecified atom stereocenters. The van der Waals surface area contributed by atoms with Gasteiger partial charge in [0.05, 0.1) is 0 Å². The van der Waals surface area contributed by atoms with Crippen molar-refractivity contribution in [1.29, 1.82) is 0 Å². The van der Waals surface area contributed by atoms with Gasteiger partial charge in [0, 0.05) is 19.0 Å². The second kappa shape index (κ2) is 5.77. The predicted molar refractivity (Wildman–Crippen MR) is 73.1 cm³/mol. The van der Waals surface area contributed by atoms with Crippen LogP contribution in [0.5, 0.6) is 0 Å². The topological polar surface area (TPSA) is 37.4 Å². The Kier molecular flexibility index (Phi) is 4.48. The summed E-state index contributed by atoms with van der Waals surface area (Å²) in [6.07, 6.45) is 1.78. The van der Waals surface area contributed by atoms with Gasteiger partial charge in [-0.05, 0) is 30.0 Å². The molecule has 0 N–H and O–H groups in total. The van der Waals surface area contributed by atoms with Crippen LogP contribution in [0.4, 0.5) is 4.39 Å². The number of sulfonamides is 1. The van der Waals surface area contributed by atoms with Crippen molar-refractivity contribution in [3.8, 4) is 0 Å². The second-order valence-corrected chi connectivity index (χ2v) is 7.00. The van der Waals surface area contributed by atoms with E-state index >= 15 is 0 Å². The molecule has 1 saturated heterocycles. The van der Waals surface area contributed by atoms with Crippen LogP contribution in [-0.2, 0) is 15.9 Å². The van der Waals surface area contributed by atoms with E-state index < -0.39 is 15.8 Å². The van der Waals surface area contributed by atoms with Gasteiger partial charge in [0.1, 0.15) is 10.7 Å². The fourth-order valence-corrected chi connectivity index (χ4v) is 4.13. The molecular formula is C13H17ClFNO2S. The normalized spacial score (nSPS) is 20.9. The summed E-state index contributed by atoms with van der Waals surface area (Å²) in [5.41, 5.74) is 0.605. The predicted octanol–water partition coefficient (Wildman–Crippen LogP) is 2.99. The Hall–Kier alpha value is -0.650. The van der Waals surface area contributed by atoms with E-state index in [1.54, 1.807) is 0 Å². The number of benzene rings is 1. The fraction of sp³-hybridized carbons (Fsp3) is 0.538. The van der Waals surface area contributed by atoms with Gasteiger partial charge in [-0.25, -0.2) is 12.8 Å². The maximum Gasteiger partial charge on any atom is 0.246 e.